The monoisotopic (exact) mass is 491 g/mol. The normalized spacial score (nSPS) is 10.7. The van der Waals surface area contributed by atoms with Gasteiger partial charge in [-0.1, -0.05) is 54.2 Å². The van der Waals surface area contributed by atoms with Crippen LogP contribution in [0.2, 0.25) is 0 Å². The topological polar surface area (TPSA) is 111 Å². The molecule has 10 heteroatoms. The lowest BCUT2D eigenvalue weighted by Crippen LogP contribution is -2.42. The third-order valence-corrected chi connectivity index (χ3v) is 6.04. The first kappa shape index (κ1) is 24.1. The van der Waals surface area contributed by atoms with Crippen LogP contribution >= 0.6 is 11.8 Å². The maximum absolute atomic E-state index is 12.3. The van der Waals surface area contributed by atoms with Gasteiger partial charge in [0, 0.05) is 12.1 Å². The van der Waals surface area contributed by atoms with Crippen molar-refractivity contribution in [3.05, 3.63) is 83.8 Å². The van der Waals surface area contributed by atoms with Gasteiger partial charge in [0.1, 0.15) is 18.1 Å². The highest BCUT2D eigenvalue weighted by Crippen LogP contribution is 2.26. The van der Waals surface area contributed by atoms with Crippen molar-refractivity contribution in [3.8, 4) is 17.1 Å². The third kappa shape index (κ3) is 6.10. The molecular formula is C25H25N5O4S. The summed E-state index contributed by atoms with van der Waals surface area (Å²) in [5.41, 5.74) is 6.85. The Kier molecular flexibility index (Phi) is 7.84. The fourth-order valence-corrected chi connectivity index (χ4v) is 4.11. The molecule has 0 radical (unpaired) electrons. The molecule has 0 atom stereocenters. The number of hydrogen-bond acceptors (Lipinski definition) is 7. The van der Waals surface area contributed by atoms with Gasteiger partial charge in [0.15, 0.2) is 16.7 Å². The Labute approximate surface area is 206 Å². The standard InChI is InChI=1S/C25H25N5O4S/c1-3-30-23(20-12-8-7-9-17(20)2)27-29-25(30)35-16-22(31)26-28-24(32)21-14-13-19(34-21)15-33-18-10-5-4-6-11-18/h4-14H,3,15-16H2,1-2H3,(H,26,31)(H,28,32). The van der Waals surface area contributed by atoms with E-state index >= 15 is 0 Å². The summed E-state index contributed by atoms with van der Waals surface area (Å²) < 4.78 is 13.1. The maximum Gasteiger partial charge on any atom is 0.305 e. The molecule has 4 aromatic rings. The molecule has 2 amide bonds. The number of aryl methyl sites for hydroxylation is 1. The molecule has 9 nitrogen and oxygen atoms in total. The first-order valence-electron chi connectivity index (χ1n) is 11.0. The molecule has 2 aromatic carbocycles. The number of aromatic nitrogens is 3. The molecule has 180 valence electrons. The molecule has 0 aliphatic carbocycles. The van der Waals surface area contributed by atoms with E-state index < -0.39 is 5.91 Å². The number of nitrogens with zero attached hydrogens (tertiary/aromatic N) is 3. The number of furan rings is 1. The Bertz CT molecular complexity index is 1300. The van der Waals surface area contributed by atoms with Crippen LogP contribution in [-0.4, -0.2) is 32.3 Å². The SMILES string of the molecule is CCn1c(SCC(=O)NNC(=O)c2ccc(COc3ccccc3)o2)nnc1-c1ccccc1C. The number of carbonyl (C=O) groups is 2. The van der Waals surface area contributed by atoms with Crippen LogP contribution in [0.1, 0.15) is 28.8 Å². The Morgan fingerprint density at radius 3 is 2.54 bits per heavy atom. The number of amides is 2. The Morgan fingerprint density at radius 2 is 1.77 bits per heavy atom. The molecular weight excluding hydrogens is 466 g/mol. The second-order valence-electron chi connectivity index (χ2n) is 7.52. The van der Waals surface area contributed by atoms with E-state index in [1.165, 1.54) is 17.8 Å². The highest BCUT2D eigenvalue weighted by atomic mass is 32.2. The third-order valence-electron chi connectivity index (χ3n) is 5.08. The van der Waals surface area contributed by atoms with Crippen LogP contribution in [0, 0.1) is 6.92 Å². The van der Waals surface area contributed by atoms with E-state index in [9.17, 15) is 9.59 Å². The number of thioether (sulfide) groups is 1. The molecule has 0 bridgehead atoms. The zero-order chi connectivity index (χ0) is 24.6. The molecule has 0 saturated carbocycles. The lowest BCUT2D eigenvalue weighted by molar-refractivity contribution is -0.119. The van der Waals surface area contributed by atoms with Gasteiger partial charge in [-0.15, -0.1) is 10.2 Å². The van der Waals surface area contributed by atoms with Crippen molar-refractivity contribution in [2.75, 3.05) is 5.75 Å². The number of carbonyl (C=O) groups excluding carboxylic acids is 2. The second-order valence-corrected chi connectivity index (χ2v) is 8.47. The van der Waals surface area contributed by atoms with Crippen LogP contribution < -0.4 is 15.6 Å². The summed E-state index contributed by atoms with van der Waals surface area (Å²) in [7, 11) is 0. The van der Waals surface area contributed by atoms with Gasteiger partial charge in [-0.3, -0.25) is 20.4 Å². The summed E-state index contributed by atoms with van der Waals surface area (Å²) in [5, 5.41) is 9.18. The van der Waals surface area contributed by atoms with Gasteiger partial charge in [-0.2, -0.15) is 0 Å². The quantitative estimate of drug-likeness (QED) is 0.269. The molecule has 0 saturated heterocycles. The smallest absolute Gasteiger partial charge is 0.305 e. The van der Waals surface area contributed by atoms with E-state index in [1.807, 2.05) is 73.0 Å². The minimum atomic E-state index is -0.562. The van der Waals surface area contributed by atoms with Crippen molar-refractivity contribution in [2.24, 2.45) is 0 Å². The highest BCUT2D eigenvalue weighted by molar-refractivity contribution is 7.99. The molecule has 4 rings (SSSR count). The molecule has 0 spiro atoms. The van der Waals surface area contributed by atoms with Crippen molar-refractivity contribution < 1.29 is 18.7 Å². The average molecular weight is 492 g/mol. The molecule has 0 aliphatic heterocycles. The van der Waals surface area contributed by atoms with E-state index in [2.05, 4.69) is 21.0 Å². The second kappa shape index (κ2) is 11.4. The van der Waals surface area contributed by atoms with E-state index in [0.29, 0.717) is 23.2 Å². The van der Waals surface area contributed by atoms with Crippen LogP contribution in [0.5, 0.6) is 5.75 Å². The zero-order valence-electron chi connectivity index (χ0n) is 19.4. The molecule has 2 N–H and O–H groups in total. The summed E-state index contributed by atoms with van der Waals surface area (Å²) in [6.07, 6.45) is 0. The van der Waals surface area contributed by atoms with Gasteiger partial charge in [0.2, 0.25) is 5.91 Å². The minimum absolute atomic E-state index is 0.0561. The van der Waals surface area contributed by atoms with Crippen LogP contribution in [0.15, 0.2) is 76.3 Å². The lowest BCUT2D eigenvalue weighted by atomic mass is 10.1. The number of hydrogen-bond donors (Lipinski definition) is 2. The van der Waals surface area contributed by atoms with E-state index in [-0.39, 0.29) is 24.0 Å². The Balaban J connectivity index is 1.26. The number of ether oxygens (including phenoxy) is 1. The summed E-state index contributed by atoms with van der Waals surface area (Å²) in [5.74, 6) is 1.12. The molecule has 0 aliphatic rings. The molecule has 0 unspecified atom stereocenters. The molecule has 2 heterocycles. The summed E-state index contributed by atoms with van der Waals surface area (Å²) in [6, 6.07) is 20.4. The summed E-state index contributed by atoms with van der Waals surface area (Å²) in [4.78, 5) is 24.6. The molecule has 0 fully saturated rings. The van der Waals surface area contributed by atoms with Gasteiger partial charge in [-0.05, 0) is 43.7 Å². The van der Waals surface area contributed by atoms with Gasteiger partial charge in [0.25, 0.3) is 0 Å². The number of nitrogens with one attached hydrogen (secondary N) is 2. The Hall–Kier alpha value is -4.05. The van der Waals surface area contributed by atoms with Gasteiger partial charge in [0.05, 0.1) is 5.75 Å². The molecule has 2 aromatic heterocycles. The highest BCUT2D eigenvalue weighted by Gasteiger charge is 2.17. The lowest BCUT2D eigenvalue weighted by Gasteiger charge is -2.09. The van der Waals surface area contributed by atoms with E-state index in [4.69, 9.17) is 9.15 Å². The van der Waals surface area contributed by atoms with Crippen molar-refractivity contribution in [1.29, 1.82) is 0 Å². The first-order valence-corrected chi connectivity index (χ1v) is 12.0. The van der Waals surface area contributed by atoms with Crippen molar-refractivity contribution in [3.63, 3.8) is 0 Å². The minimum Gasteiger partial charge on any atom is -0.486 e. The number of rotatable bonds is 9. The Morgan fingerprint density at radius 1 is 1.00 bits per heavy atom. The number of para-hydroxylation sites is 1. The fraction of sp³-hybridized carbons (Fsp3) is 0.200. The van der Waals surface area contributed by atoms with Crippen LogP contribution in [0.25, 0.3) is 11.4 Å². The van der Waals surface area contributed by atoms with Crippen LogP contribution in [0.4, 0.5) is 0 Å². The predicted octanol–water partition coefficient (Wildman–Crippen LogP) is 4.00. The van der Waals surface area contributed by atoms with Crippen LogP contribution in [-0.2, 0) is 17.9 Å². The average Bonchev–Trinajstić information content (AvgIpc) is 3.52. The van der Waals surface area contributed by atoms with Crippen molar-refractivity contribution in [1.82, 2.24) is 25.6 Å². The van der Waals surface area contributed by atoms with E-state index in [1.54, 1.807) is 6.07 Å². The largest absolute Gasteiger partial charge is 0.486 e. The van der Waals surface area contributed by atoms with Gasteiger partial charge >= 0.3 is 5.91 Å². The fourth-order valence-electron chi connectivity index (χ4n) is 3.31. The number of benzene rings is 2. The molecule has 35 heavy (non-hydrogen) atoms. The summed E-state index contributed by atoms with van der Waals surface area (Å²) >= 11 is 1.24. The number of hydrazine groups is 1. The zero-order valence-corrected chi connectivity index (χ0v) is 20.2. The van der Waals surface area contributed by atoms with Crippen LogP contribution in [0.3, 0.4) is 0 Å². The maximum atomic E-state index is 12.3. The van der Waals surface area contributed by atoms with Gasteiger partial charge in [-0.25, -0.2) is 0 Å². The van der Waals surface area contributed by atoms with E-state index in [0.717, 1.165) is 17.0 Å². The predicted molar refractivity (Wildman–Crippen MR) is 132 cm³/mol. The van der Waals surface area contributed by atoms with Crippen molar-refractivity contribution in [2.45, 2.75) is 32.2 Å². The first-order chi connectivity index (χ1) is 17.0. The van der Waals surface area contributed by atoms with Crippen molar-refractivity contribution >= 4 is 23.6 Å². The van der Waals surface area contributed by atoms with Gasteiger partial charge < -0.3 is 13.7 Å². The summed E-state index contributed by atoms with van der Waals surface area (Å²) in [6.45, 7) is 4.86.